The molecule has 0 radical (unpaired) electrons. The summed E-state index contributed by atoms with van der Waals surface area (Å²) in [5.74, 6) is -1.55. The van der Waals surface area contributed by atoms with Crippen molar-refractivity contribution in [3.05, 3.63) is 59.2 Å². The molecule has 5 nitrogen and oxygen atoms in total. The third-order valence-corrected chi connectivity index (χ3v) is 4.53. The van der Waals surface area contributed by atoms with Gasteiger partial charge in [-0.1, -0.05) is 17.7 Å². The Morgan fingerprint density at radius 3 is 2.17 bits per heavy atom. The Morgan fingerprint density at radius 1 is 1.08 bits per heavy atom. The van der Waals surface area contributed by atoms with Crippen LogP contribution in [0, 0.1) is 6.92 Å². The first-order chi connectivity index (χ1) is 11.0. The zero-order valence-electron chi connectivity index (χ0n) is 12.3. The predicted octanol–water partition coefficient (Wildman–Crippen LogP) is 3.51. The van der Waals surface area contributed by atoms with Crippen molar-refractivity contribution in [1.29, 1.82) is 0 Å². The van der Waals surface area contributed by atoms with Gasteiger partial charge in [0.1, 0.15) is 0 Å². The minimum Gasteiger partial charge on any atom is -0.478 e. The average molecular weight is 359 g/mol. The monoisotopic (exact) mass is 359 g/mol. The topological polar surface area (TPSA) is 83.5 Å². The molecule has 9 heteroatoms. The highest BCUT2D eigenvalue weighted by atomic mass is 32.2. The Labute approximate surface area is 135 Å². The van der Waals surface area contributed by atoms with E-state index in [1.54, 1.807) is 6.92 Å². The van der Waals surface area contributed by atoms with E-state index in [1.807, 2.05) is 4.72 Å². The summed E-state index contributed by atoms with van der Waals surface area (Å²) in [6.45, 7) is 1.74. The molecule has 0 saturated carbocycles. The van der Waals surface area contributed by atoms with Gasteiger partial charge in [0.15, 0.2) is 0 Å². The van der Waals surface area contributed by atoms with Crippen molar-refractivity contribution in [2.24, 2.45) is 0 Å². The van der Waals surface area contributed by atoms with Crippen LogP contribution in [0.1, 0.15) is 21.5 Å². The summed E-state index contributed by atoms with van der Waals surface area (Å²) in [6.07, 6.45) is -4.74. The number of anilines is 1. The van der Waals surface area contributed by atoms with E-state index in [2.05, 4.69) is 0 Å². The molecule has 2 aromatic carbocycles. The van der Waals surface area contributed by atoms with Gasteiger partial charge in [-0.05, 0) is 37.3 Å². The minimum atomic E-state index is -4.74. The van der Waals surface area contributed by atoms with Crippen LogP contribution in [-0.4, -0.2) is 19.5 Å². The van der Waals surface area contributed by atoms with E-state index in [-0.39, 0.29) is 4.90 Å². The molecule has 0 amide bonds. The standard InChI is InChI=1S/C15H12F3NO4S/c1-9-2-5-11(6-3-9)24(22,23)19-13-8-10(15(16,17)18)4-7-12(13)14(20)21/h2-8,19H,1H3,(H,20,21). The van der Waals surface area contributed by atoms with Crippen molar-refractivity contribution in [2.75, 3.05) is 4.72 Å². The molecule has 0 fully saturated rings. The van der Waals surface area contributed by atoms with Crippen LogP contribution >= 0.6 is 0 Å². The number of carboxylic acid groups (broad SMARTS) is 1. The smallest absolute Gasteiger partial charge is 0.416 e. The van der Waals surface area contributed by atoms with Gasteiger partial charge in [-0.2, -0.15) is 13.2 Å². The van der Waals surface area contributed by atoms with Gasteiger partial charge in [0.05, 0.1) is 21.7 Å². The van der Waals surface area contributed by atoms with Crippen LogP contribution in [0.25, 0.3) is 0 Å². The second kappa shape index (κ2) is 6.16. The number of alkyl halides is 3. The van der Waals surface area contributed by atoms with Crippen LogP contribution in [0.3, 0.4) is 0 Å². The number of carboxylic acids is 1. The SMILES string of the molecule is Cc1ccc(S(=O)(=O)Nc2cc(C(F)(F)F)ccc2C(=O)O)cc1. The van der Waals surface area contributed by atoms with Crippen LogP contribution in [0.4, 0.5) is 18.9 Å². The van der Waals surface area contributed by atoms with E-state index >= 15 is 0 Å². The summed E-state index contributed by atoms with van der Waals surface area (Å²) in [4.78, 5) is 10.9. The zero-order chi connectivity index (χ0) is 18.1. The first-order valence-corrected chi connectivity index (χ1v) is 8.03. The number of carbonyl (C=O) groups is 1. The number of aromatic carboxylic acids is 1. The van der Waals surface area contributed by atoms with E-state index < -0.39 is 39.0 Å². The Hall–Kier alpha value is -2.55. The third kappa shape index (κ3) is 3.85. The zero-order valence-corrected chi connectivity index (χ0v) is 13.1. The summed E-state index contributed by atoms with van der Waals surface area (Å²) < 4.78 is 64.8. The summed E-state index contributed by atoms with van der Waals surface area (Å²) >= 11 is 0. The Kier molecular flexibility index (Phi) is 4.57. The molecule has 0 bridgehead atoms. The molecule has 0 spiro atoms. The molecule has 2 rings (SSSR count). The lowest BCUT2D eigenvalue weighted by Crippen LogP contribution is -2.17. The maximum Gasteiger partial charge on any atom is 0.416 e. The molecule has 0 saturated heterocycles. The maximum atomic E-state index is 12.8. The number of aryl methyl sites for hydroxylation is 1. The van der Waals surface area contributed by atoms with E-state index in [1.165, 1.54) is 24.3 Å². The van der Waals surface area contributed by atoms with Crippen molar-refractivity contribution in [3.8, 4) is 0 Å². The quantitative estimate of drug-likeness (QED) is 0.875. The van der Waals surface area contributed by atoms with Crippen molar-refractivity contribution in [1.82, 2.24) is 0 Å². The van der Waals surface area contributed by atoms with Gasteiger partial charge in [-0.15, -0.1) is 0 Å². The van der Waals surface area contributed by atoms with Crippen molar-refractivity contribution in [2.45, 2.75) is 18.0 Å². The van der Waals surface area contributed by atoms with E-state index in [4.69, 9.17) is 5.11 Å². The molecule has 0 unspecified atom stereocenters. The number of sulfonamides is 1. The molecule has 0 aliphatic heterocycles. The maximum absolute atomic E-state index is 12.8. The summed E-state index contributed by atoms with van der Waals surface area (Å²) in [5, 5.41) is 9.05. The number of halogens is 3. The lowest BCUT2D eigenvalue weighted by Gasteiger charge is -2.14. The lowest BCUT2D eigenvalue weighted by molar-refractivity contribution is -0.137. The van der Waals surface area contributed by atoms with E-state index in [0.29, 0.717) is 18.2 Å². The summed E-state index contributed by atoms with van der Waals surface area (Å²) in [6, 6.07) is 7.30. The molecule has 24 heavy (non-hydrogen) atoms. The molecular weight excluding hydrogens is 347 g/mol. The minimum absolute atomic E-state index is 0.193. The van der Waals surface area contributed by atoms with Crippen molar-refractivity contribution >= 4 is 21.7 Å². The number of benzene rings is 2. The molecule has 0 aliphatic rings. The molecule has 2 N–H and O–H groups in total. The highest BCUT2D eigenvalue weighted by molar-refractivity contribution is 7.92. The van der Waals surface area contributed by atoms with Crippen molar-refractivity contribution in [3.63, 3.8) is 0 Å². The largest absolute Gasteiger partial charge is 0.478 e. The van der Waals surface area contributed by atoms with Crippen LogP contribution in [-0.2, 0) is 16.2 Å². The fourth-order valence-electron chi connectivity index (χ4n) is 1.91. The Bertz CT molecular complexity index is 875. The number of hydrogen-bond donors (Lipinski definition) is 2. The summed E-state index contributed by atoms with van der Waals surface area (Å²) in [5.41, 5.74) is -1.61. The van der Waals surface area contributed by atoms with E-state index in [0.717, 1.165) is 5.56 Å². The molecule has 0 atom stereocenters. The molecule has 128 valence electrons. The van der Waals surface area contributed by atoms with Crippen LogP contribution in [0.5, 0.6) is 0 Å². The molecular formula is C15H12F3NO4S. The second-order valence-electron chi connectivity index (χ2n) is 4.98. The second-order valence-corrected chi connectivity index (χ2v) is 6.66. The first-order valence-electron chi connectivity index (χ1n) is 6.55. The van der Waals surface area contributed by atoms with Gasteiger partial charge in [0.2, 0.25) is 0 Å². The van der Waals surface area contributed by atoms with Gasteiger partial charge in [0, 0.05) is 0 Å². The Balaban J connectivity index is 2.50. The highest BCUT2D eigenvalue weighted by Crippen LogP contribution is 2.33. The molecule has 0 aromatic heterocycles. The average Bonchev–Trinajstić information content (AvgIpc) is 2.46. The van der Waals surface area contributed by atoms with Crippen LogP contribution in [0.2, 0.25) is 0 Å². The number of hydrogen-bond acceptors (Lipinski definition) is 3. The van der Waals surface area contributed by atoms with Gasteiger partial charge in [-0.25, -0.2) is 13.2 Å². The first kappa shape index (κ1) is 17.8. The molecule has 2 aromatic rings. The Morgan fingerprint density at radius 2 is 1.67 bits per heavy atom. The van der Waals surface area contributed by atoms with Gasteiger partial charge in [0.25, 0.3) is 10.0 Å². The normalized spacial score (nSPS) is 12.0. The lowest BCUT2D eigenvalue weighted by atomic mass is 10.1. The summed E-state index contributed by atoms with van der Waals surface area (Å²) in [7, 11) is -4.23. The fraction of sp³-hybridized carbons (Fsp3) is 0.133. The third-order valence-electron chi connectivity index (χ3n) is 3.15. The predicted molar refractivity (Wildman–Crippen MR) is 80.4 cm³/mol. The highest BCUT2D eigenvalue weighted by Gasteiger charge is 2.32. The fourth-order valence-corrected chi connectivity index (χ4v) is 2.98. The van der Waals surface area contributed by atoms with Crippen LogP contribution < -0.4 is 4.72 Å². The van der Waals surface area contributed by atoms with E-state index in [9.17, 15) is 26.4 Å². The van der Waals surface area contributed by atoms with Gasteiger partial charge in [-0.3, -0.25) is 4.72 Å². The number of nitrogens with one attached hydrogen (secondary N) is 1. The van der Waals surface area contributed by atoms with Gasteiger partial charge < -0.3 is 5.11 Å². The molecule has 0 heterocycles. The number of rotatable bonds is 4. The molecule has 0 aliphatic carbocycles. The van der Waals surface area contributed by atoms with Crippen LogP contribution in [0.15, 0.2) is 47.4 Å². The van der Waals surface area contributed by atoms with Crippen molar-refractivity contribution < 1.29 is 31.5 Å². The van der Waals surface area contributed by atoms with Gasteiger partial charge >= 0.3 is 12.1 Å².